The lowest BCUT2D eigenvalue weighted by molar-refractivity contribution is 0.186. The third-order valence-electron chi connectivity index (χ3n) is 3.00. The minimum Gasteiger partial charge on any atom is -0.326 e. The van der Waals surface area contributed by atoms with Crippen LogP contribution >= 0.6 is 0 Å². The summed E-state index contributed by atoms with van der Waals surface area (Å²) in [7, 11) is 1.85. The SMILES string of the molecule is CC(c1ccccc1)N1CCN(C)C1=O. The highest BCUT2D eigenvalue weighted by Crippen LogP contribution is 2.23. The maximum absolute atomic E-state index is 11.8. The van der Waals surface area contributed by atoms with Gasteiger partial charge in [0, 0.05) is 20.1 Å². The highest BCUT2D eigenvalue weighted by molar-refractivity contribution is 5.76. The zero-order chi connectivity index (χ0) is 10.8. The van der Waals surface area contributed by atoms with Gasteiger partial charge in [-0.2, -0.15) is 0 Å². The molecule has 1 fully saturated rings. The van der Waals surface area contributed by atoms with Crippen molar-refractivity contribution in [1.29, 1.82) is 0 Å². The monoisotopic (exact) mass is 204 g/mol. The van der Waals surface area contributed by atoms with E-state index < -0.39 is 0 Å². The smallest absolute Gasteiger partial charge is 0.320 e. The molecule has 1 unspecified atom stereocenters. The number of carbonyl (C=O) groups is 1. The Labute approximate surface area is 90.3 Å². The molecule has 1 aromatic carbocycles. The molecule has 2 amide bonds. The third-order valence-corrected chi connectivity index (χ3v) is 3.00. The van der Waals surface area contributed by atoms with Crippen molar-refractivity contribution in [3.63, 3.8) is 0 Å². The molecule has 1 heterocycles. The minimum atomic E-state index is 0.131. The Morgan fingerprint density at radius 1 is 1.20 bits per heavy atom. The maximum atomic E-state index is 11.8. The Bertz CT molecular complexity index is 350. The van der Waals surface area contributed by atoms with Crippen molar-refractivity contribution in [2.75, 3.05) is 20.1 Å². The molecule has 0 spiro atoms. The summed E-state index contributed by atoms with van der Waals surface area (Å²) < 4.78 is 0. The fraction of sp³-hybridized carbons (Fsp3) is 0.417. The molecule has 1 aromatic rings. The molecule has 1 aliphatic rings. The molecule has 0 aromatic heterocycles. The number of likely N-dealkylation sites (N-methyl/N-ethyl adjacent to an activating group) is 1. The number of urea groups is 1. The number of amides is 2. The van der Waals surface area contributed by atoms with Crippen molar-refractivity contribution in [3.8, 4) is 0 Å². The molecule has 0 bridgehead atoms. The van der Waals surface area contributed by atoms with Crippen molar-refractivity contribution in [1.82, 2.24) is 9.80 Å². The van der Waals surface area contributed by atoms with E-state index in [1.54, 1.807) is 4.90 Å². The van der Waals surface area contributed by atoms with Gasteiger partial charge in [0.25, 0.3) is 0 Å². The van der Waals surface area contributed by atoms with E-state index in [9.17, 15) is 4.79 Å². The molecular weight excluding hydrogens is 188 g/mol. The molecule has 1 atom stereocenters. The standard InChI is InChI=1S/C12H16N2O/c1-10(11-6-4-3-5-7-11)14-9-8-13(2)12(14)15/h3-7,10H,8-9H2,1-2H3. The number of benzene rings is 1. The lowest BCUT2D eigenvalue weighted by atomic mass is 10.1. The summed E-state index contributed by atoms with van der Waals surface area (Å²) in [5.41, 5.74) is 1.20. The molecule has 3 nitrogen and oxygen atoms in total. The van der Waals surface area contributed by atoms with E-state index in [0.717, 1.165) is 13.1 Å². The van der Waals surface area contributed by atoms with Crippen molar-refractivity contribution in [2.45, 2.75) is 13.0 Å². The highest BCUT2D eigenvalue weighted by Gasteiger charge is 2.29. The number of nitrogens with zero attached hydrogens (tertiary/aromatic N) is 2. The average Bonchev–Trinajstić information content (AvgIpc) is 2.60. The van der Waals surface area contributed by atoms with Crippen molar-refractivity contribution >= 4 is 6.03 Å². The van der Waals surface area contributed by atoms with E-state index in [1.807, 2.05) is 30.1 Å². The number of rotatable bonds is 2. The van der Waals surface area contributed by atoms with Gasteiger partial charge in [-0.05, 0) is 12.5 Å². The summed E-state index contributed by atoms with van der Waals surface area (Å²) in [4.78, 5) is 15.4. The lowest BCUT2D eigenvalue weighted by Gasteiger charge is -2.24. The molecule has 1 aliphatic heterocycles. The largest absolute Gasteiger partial charge is 0.326 e. The van der Waals surface area contributed by atoms with Gasteiger partial charge in [0.1, 0.15) is 0 Å². The summed E-state index contributed by atoms with van der Waals surface area (Å²) >= 11 is 0. The van der Waals surface area contributed by atoms with Gasteiger partial charge in [-0.15, -0.1) is 0 Å². The number of carbonyl (C=O) groups excluding carboxylic acids is 1. The number of hydrogen-bond donors (Lipinski definition) is 0. The molecule has 0 N–H and O–H groups in total. The van der Waals surface area contributed by atoms with E-state index in [4.69, 9.17) is 0 Å². The fourth-order valence-corrected chi connectivity index (χ4v) is 1.94. The van der Waals surface area contributed by atoms with Gasteiger partial charge < -0.3 is 9.80 Å². The van der Waals surface area contributed by atoms with Crippen LogP contribution in [0, 0.1) is 0 Å². The van der Waals surface area contributed by atoms with Gasteiger partial charge in [0.2, 0.25) is 0 Å². The van der Waals surface area contributed by atoms with Crippen molar-refractivity contribution < 1.29 is 4.79 Å². The van der Waals surface area contributed by atoms with Crippen LogP contribution in [0.15, 0.2) is 30.3 Å². The number of hydrogen-bond acceptors (Lipinski definition) is 1. The first-order valence-electron chi connectivity index (χ1n) is 5.27. The predicted molar refractivity (Wildman–Crippen MR) is 59.6 cm³/mol. The molecule has 0 aliphatic carbocycles. The molecule has 15 heavy (non-hydrogen) atoms. The predicted octanol–water partition coefficient (Wildman–Crippen LogP) is 2.12. The molecule has 0 radical (unpaired) electrons. The first-order valence-corrected chi connectivity index (χ1v) is 5.27. The van der Waals surface area contributed by atoms with Gasteiger partial charge in [-0.3, -0.25) is 0 Å². The summed E-state index contributed by atoms with van der Waals surface area (Å²) in [6.45, 7) is 3.73. The fourth-order valence-electron chi connectivity index (χ4n) is 1.94. The zero-order valence-corrected chi connectivity index (χ0v) is 9.18. The topological polar surface area (TPSA) is 23.6 Å². The maximum Gasteiger partial charge on any atom is 0.320 e. The first kappa shape index (κ1) is 10.0. The average molecular weight is 204 g/mol. The van der Waals surface area contributed by atoms with E-state index in [-0.39, 0.29) is 12.1 Å². The summed E-state index contributed by atoms with van der Waals surface area (Å²) in [6.07, 6.45) is 0. The van der Waals surface area contributed by atoms with Crippen molar-refractivity contribution in [3.05, 3.63) is 35.9 Å². The summed E-state index contributed by atoms with van der Waals surface area (Å²) in [6, 6.07) is 10.4. The van der Waals surface area contributed by atoms with Crippen molar-refractivity contribution in [2.24, 2.45) is 0 Å². The first-order chi connectivity index (χ1) is 7.20. The normalized spacial score (nSPS) is 18.4. The van der Waals surface area contributed by atoms with E-state index in [2.05, 4.69) is 19.1 Å². The van der Waals surface area contributed by atoms with Crippen LogP contribution in [-0.4, -0.2) is 36.0 Å². The van der Waals surface area contributed by atoms with E-state index in [1.165, 1.54) is 5.56 Å². The Balaban J connectivity index is 2.16. The van der Waals surface area contributed by atoms with Crippen LogP contribution in [0.25, 0.3) is 0 Å². The third kappa shape index (κ3) is 1.82. The molecule has 80 valence electrons. The Hall–Kier alpha value is -1.51. The Kier molecular flexibility index (Phi) is 2.62. The van der Waals surface area contributed by atoms with Gasteiger partial charge in [-0.25, -0.2) is 4.79 Å². The van der Waals surface area contributed by atoms with Crippen LogP contribution in [-0.2, 0) is 0 Å². The molecule has 1 saturated heterocycles. The van der Waals surface area contributed by atoms with Crippen LogP contribution in [0.2, 0.25) is 0 Å². The van der Waals surface area contributed by atoms with Gasteiger partial charge in [-0.1, -0.05) is 30.3 Å². The Morgan fingerprint density at radius 2 is 1.87 bits per heavy atom. The van der Waals surface area contributed by atoms with Crippen LogP contribution in [0.3, 0.4) is 0 Å². The molecule has 3 heteroatoms. The van der Waals surface area contributed by atoms with Crippen LogP contribution < -0.4 is 0 Å². The van der Waals surface area contributed by atoms with Crippen LogP contribution in [0.1, 0.15) is 18.5 Å². The quantitative estimate of drug-likeness (QED) is 0.723. The van der Waals surface area contributed by atoms with E-state index in [0.29, 0.717) is 0 Å². The molecular formula is C12H16N2O. The Morgan fingerprint density at radius 3 is 2.40 bits per heavy atom. The molecule has 2 rings (SSSR count). The van der Waals surface area contributed by atoms with Gasteiger partial charge >= 0.3 is 6.03 Å². The second-order valence-electron chi connectivity index (χ2n) is 3.98. The van der Waals surface area contributed by atoms with Crippen LogP contribution in [0.4, 0.5) is 4.79 Å². The summed E-state index contributed by atoms with van der Waals surface area (Å²) in [5.74, 6) is 0. The minimum absolute atomic E-state index is 0.131. The van der Waals surface area contributed by atoms with Gasteiger partial charge in [0.05, 0.1) is 6.04 Å². The highest BCUT2D eigenvalue weighted by atomic mass is 16.2. The van der Waals surface area contributed by atoms with Crippen LogP contribution in [0.5, 0.6) is 0 Å². The second-order valence-corrected chi connectivity index (χ2v) is 3.98. The summed E-state index contributed by atoms with van der Waals surface area (Å²) in [5, 5.41) is 0. The second kappa shape index (κ2) is 3.93. The zero-order valence-electron chi connectivity index (χ0n) is 9.18. The molecule has 0 saturated carbocycles. The van der Waals surface area contributed by atoms with Gasteiger partial charge in [0.15, 0.2) is 0 Å². The lowest BCUT2D eigenvalue weighted by Crippen LogP contribution is -2.31. The van der Waals surface area contributed by atoms with E-state index >= 15 is 0 Å².